The summed E-state index contributed by atoms with van der Waals surface area (Å²) in [6, 6.07) is 7.03. The zero-order valence-electron chi connectivity index (χ0n) is 21.3. The molecule has 3 aromatic heterocycles. The van der Waals surface area contributed by atoms with Crippen molar-refractivity contribution in [1.29, 1.82) is 0 Å². The van der Waals surface area contributed by atoms with E-state index in [1.807, 2.05) is 16.3 Å². The van der Waals surface area contributed by atoms with Crippen LogP contribution in [0.1, 0.15) is 46.2 Å². The summed E-state index contributed by atoms with van der Waals surface area (Å²) in [4.78, 5) is 56.4. The Morgan fingerprint density at radius 1 is 1.18 bits per heavy atom. The topological polar surface area (TPSA) is 122 Å². The molecule has 2 aliphatic heterocycles. The second-order valence-electron chi connectivity index (χ2n) is 9.88. The number of aryl methyl sites for hydroxylation is 1. The first-order valence-corrected chi connectivity index (χ1v) is 13.7. The number of nitrogens with one attached hydrogen (secondary N) is 1. The second kappa shape index (κ2) is 11.3. The number of rotatable bonds is 4. The van der Waals surface area contributed by atoms with Gasteiger partial charge in [0.15, 0.2) is 0 Å². The fourth-order valence-electron chi connectivity index (χ4n) is 5.08. The normalized spacial score (nSPS) is 20.3. The average molecular weight is 538 g/mol. The molecule has 4 bridgehead atoms. The largest absolute Gasteiger partial charge is 0.350 e. The van der Waals surface area contributed by atoms with Crippen LogP contribution >= 0.6 is 11.3 Å². The molecule has 0 aliphatic carbocycles. The highest BCUT2D eigenvalue weighted by Gasteiger charge is 2.38. The Morgan fingerprint density at radius 2 is 2.05 bits per heavy atom. The molecule has 5 rings (SSSR count). The first-order valence-electron chi connectivity index (χ1n) is 12.8. The Bertz CT molecular complexity index is 1370. The van der Waals surface area contributed by atoms with Crippen LogP contribution in [0.4, 0.5) is 0 Å². The Kier molecular flexibility index (Phi) is 7.68. The number of amides is 3. The molecule has 11 nitrogen and oxygen atoms in total. The van der Waals surface area contributed by atoms with Crippen LogP contribution in [0.2, 0.25) is 0 Å². The van der Waals surface area contributed by atoms with E-state index in [1.165, 1.54) is 15.5 Å². The lowest BCUT2D eigenvalue weighted by molar-refractivity contribution is -0.132. The molecule has 5 heterocycles. The van der Waals surface area contributed by atoms with Crippen molar-refractivity contribution in [3.05, 3.63) is 68.5 Å². The quantitative estimate of drug-likeness (QED) is 0.533. The number of nitrogens with zero attached hydrogens (tertiary/aromatic N) is 6. The number of aromatic nitrogens is 4. The fourth-order valence-corrected chi connectivity index (χ4v) is 5.83. The van der Waals surface area contributed by atoms with Crippen LogP contribution in [0.5, 0.6) is 0 Å². The van der Waals surface area contributed by atoms with Gasteiger partial charge in [-0.25, -0.2) is 4.68 Å². The van der Waals surface area contributed by atoms with Crippen LogP contribution < -0.4 is 10.9 Å². The van der Waals surface area contributed by atoms with E-state index in [0.717, 1.165) is 12.8 Å². The molecular weight excluding hydrogens is 506 g/mol. The van der Waals surface area contributed by atoms with E-state index in [9.17, 15) is 19.2 Å². The highest BCUT2D eigenvalue weighted by atomic mass is 32.1. The molecular formula is C26H31N7O4S. The van der Waals surface area contributed by atoms with Crippen molar-refractivity contribution in [2.75, 3.05) is 33.2 Å². The molecule has 2 aliphatic rings. The number of thiophene rings is 1. The van der Waals surface area contributed by atoms with E-state index in [0.29, 0.717) is 31.7 Å². The summed E-state index contributed by atoms with van der Waals surface area (Å²) in [5.74, 6) is -0.609. The van der Waals surface area contributed by atoms with Gasteiger partial charge in [-0.3, -0.25) is 19.2 Å². The SMILES string of the molecule is CN1CCNC(=O)c2cccn(c2=O)Cc2cn(nn2)[C@@H]2CN(C(=O)CCCc3cccs3)C[C@@H]2CC1=O. The lowest BCUT2D eigenvalue weighted by Gasteiger charge is -2.22. The molecule has 0 aromatic carbocycles. The molecule has 1 N–H and O–H groups in total. The van der Waals surface area contributed by atoms with Gasteiger partial charge < -0.3 is 19.7 Å². The van der Waals surface area contributed by atoms with E-state index in [4.69, 9.17) is 0 Å². The summed E-state index contributed by atoms with van der Waals surface area (Å²) in [6.45, 7) is 1.61. The number of likely N-dealkylation sites (tertiary alicyclic amines) is 1. The maximum atomic E-state index is 13.1. The summed E-state index contributed by atoms with van der Waals surface area (Å²) < 4.78 is 3.15. The lowest BCUT2D eigenvalue weighted by atomic mass is 9.99. The average Bonchev–Trinajstić information content (AvgIpc) is 3.66. The molecule has 0 unspecified atom stereocenters. The third kappa shape index (κ3) is 5.69. The predicted molar refractivity (Wildman–Crippen MR) is 141 cm³/mol. The van der Waals surface area contributed by atoms with Gasteiger partial charge in [0.2, 0.25) is 11.8 Å². The highest BCUT2D eigenvalue weighted by molar-refractivity contribution is 7.09. The second-order valence-corrected chi connectivity index (χ2v) is 10.9. The van der Waals surface area contributed by atoms with Gasteiger partial charge in [0.1, 0.15) is 11.3 Å². The molecule has 0 spiro atoms. The van der Waals surface area contributed by atoms with Crippen LogP contribution in [0.15, 0.2) is 46.8 Å². The van der Waals surface area contributed by atoms with Gasteiger partial charge in [0, 0.05) is 63.1 Å². The van der Waals surface area contributed by atoms with Crippen LogP contribution in [-0.4, -0.2) is 80.3 Å². The molecule has 0 radical (unpaired) electrons. The van der Waals surface area contributed by atoms with Crippen molar-refractivity contribution in [1.82, 2.24) is 34.7 Å². The summed E-state index contributed by atoms with van der Waals surface area (Å²) in [5, 5.41) is 13.3. The van der Waals surface area contributed by atoms with E-state index < -0.39 is 11.5 Å². The monoisotopic (exact) mass is 537 g/mol. The number of fused-ring (bicyclic) bond motifs is 6. The van der Waals surface area contributed by atoms with E-state index in [2.05, 4.69) is 21.7 Å². The maximum Gasteiger partial charge on any atom is 0.263 e. The molecule has 38 heavy (non-hydrogen) atoms. The van der Waals surface area contributed by atoms with Crippen molar-refractivity contribution in [2.45, 2.75) is 38.3 Å². The predicted octanol–water partition coefficient (Wildman–Crippen LogP) is 1.16. The molecule has 12 heteroatoms. The number of pyridine rings is 1. The number of carbonyl (C=O) groups excluding carboxylic acids is 3. The molecule has 1 fully saturated rings. The summed E-state index contributed by atoms with van der Waals surface area (Å²) in [6.07, 6.45) is 5.73. The third-order valence-corrected chi connectivity index (χ3v) is 8.18. The molecule has 1 saturated heterocycles. The summed E-state index contributed by atoms with van der Waals surface area (Å²) >= 11 is 1.70. The van der Waals surface area contributed by atoms with E-state index in [-0.39, 0.29) is 48.8 Å². The maximum absolute atomic E-state index is 13.1. The first-order chi connectivity index (χ1) is 18.4. The standard InChI is InChI=1S/C26H31N7O4S/c1-30-11-9-27-25(36)21-7-3-10-31(26(21)37)15-19-16-33(29-28-19)22-17-32(14-18(22)13-24(30)35)23(34)8-2-5-20-6-4-12-38-20/h3-4,6-7,10,12,16,18,22H,2,5,8-9,11,13-15,17H2,1H3,(H,27,36)/t18-,22+/m0/s1. The van der Waals surface area contributed by atoms with Gasteiger partial charge in [-0.15, -0.1) is 16.4 Å². The van der Waals surface area contributed by atoms with Crippen molar-refractivity contribution < 1.29 is 14.4 Å². The lowest BCUT2D eigenvalue weighted by Crippen LogP contribution is -2.39. The number of likely N-dealkylation sites (N-methyl/N-ethyl adjacent to an activating group) is 1. The number of carbonyl (C=O) groups is 3. The third-order valence-electron chi connectivity index (χ3n) is 7.24. The molecule has 3 aromatic rings. The van der Waals surface area contributed by atoms with Gasteiger partial charge >= 0.3 is 0 Å². The van der Waals surface area contributed by atoms with Crippen molar-refractivity contribution in [3.63, 3.8) is 0 Å². The van der Waals surface area contributed by atoms with Gasteiger partial charge in [-0.2, -0.15) is 0 Å². The zero-order valence-corrected chi connectivity index (χ0v) is 22.1. The van der Waals surface area contributed by atoms with E-state index >= 15 is 0 Å². The number of hydrogen-bond donors (Lipinski definition) is 1. The smallest absolute Gasteiger partial charge is 0.263 e. The van der Waals surface area contributed by atoms with E-state index in [1.54, 1.807) is 46.4 Å². The van der Waals surface area contributed by atoms with Crippen molar-refractivity contribution >= 4 is 29.1 Å². The molecule has 3 amide bonds. The number of hydrogen-bond acceptors (Lipinski definition) is 7. The van der Waals surface area contributed by atoms with Crippen LogP contribution in [0, 0.1) is 5.92 Å². The van der Waals surface area contributed by atoms with Crippen LogP contribution in [0.25, 0.3) is 0 Å². The highest BCUT2D eigenvalue weighted by Crippen LogP contribution is 2.31. The Morgan fingerprint density at radius 3 is 2.87 bits per heavy atom. The van der Waals surface area contributed by atoms with Gasteiger partial charge in [0.05, 0.1) is 18.8 Å². The van der Waals surface area contributed by atoms with Crippen molar-refractivity contribution in [2.24, 2.45) is 5.92 Å². The summed E-state index contributed by atoms with van der Waals surface area (Å²) in [5.41, 5.74) is 0.166. The van der Waals surface area contributed by atoms with Crippen molar-refractivity contribution in [3.8, 4) is 0 Å². The van der Waals surface area contributed by atoms with Gasteiger partial charge in [-0.05, 0) is 36.4 Å². The Balaban J connectivity index is 1.36. The Hall–Kier alpha value is -3.80. The first kappa shape index (κ1) is 25.8. The zero-order chi connectivity index (χ0) is 26.6. The molecule has 0 saturated carbocycles. The Labute approximate surface area is 224 Å². The minimum absolute atomic E-state index is 0.0325. The summed E-state index contributed by atoms with van der Waals surface area (Å²) in [7, 11) is 1.69. The van der Waals surface area contributed by atoms with Gasteiger partial charge in [-0.1, -0.05) is 11.3 Å². The minimum Gasteiger partial charge on any atom is -0.350 e. The van der Waals surface area contributed by atoms with Crippen LogP contribution in [0.3, 0.4) is 0 Å². The molecule has 2 atom stereocenters. The minimum atomic E-state index is -0.481. The van der Waals surface area contributed by atoms with Crippen LogP contribution in [-0.2, 0) is 22.6 Å². The fraction of sp³-hybridized carbons (Fsp3) is 0.462. The van der Waals surface area contributed by atoms with Gasteiger partial charge in [0.25, 0.3) is 11.5 Å². The molecule has 200 valence electrons.